The Bertz CT molecular complexity index is 1190. The first-order valence-corrected chi connectivity index (χ1v) is 12.0. The third-order valence-electron chi connectivity index (χ3n) is 5.50. The molecule has 4 rings (SSSR count). The fraction of sp³-hybridized carbons (Fsp3) is 0.269. The highest BCUT2D eigenvalue weighted by molar-refractivity contribution is 8.00. The van der Waals surface area contributed by atoms with Crippen molar-refractivity contribution in [3.63, 3.8) is 0 Å². The Labute approximate surface area is 198 Å². The summed E-state index contributed by atoms with van der Waals surface area (Å²) >= 11 is 1.40. The number of para-hydroxylation sites is 1. The zero-order chi connectivity index (χ0) is 23.2. The van der Waals surface area contributed by atoms with Crippen molar-refractivity contribution in [2.24, 2.45) is 0 Å². The number of rotatable bonds is 9. The van der Waals surface area contributed by atoms with Crippen LogP contribution in [-0.2, 0) is 11.2 Å². The number of furan rings is 1. The van der Waals surface area contributed by atoms with Crippen LogP contribution < -0.4 is 5.32 Å². The average Bonchev–Trinajstić information content (AvgIpc) is 3.44. The van der Waals surface area contributed by atoms with E-state index in [2.05, 4.69) is 27.6 Å². The lowest BCUT2D eigenvalue weighted by atomic mass is 10.1. The standard InChI is InChI=1S/C26H28N4O2S/c1-18(14-15-21-10-6-4-7-11-21)27-25(31)20(3)33-26-29-28-24(23-16-17-32-19(23)2)30(26)22-12-8-5-9-13-22/h4-13,16-18,20H,14-15H2,1-3H3,(H,27,31). The fourth-order valence-corrected chi connectivity index (χ4v) is 4.50. The minimum atomic E-state index is -0.325. The normalized spacial score (nSPS) is 12.9. The van der Waals surface area contributed by atoms with E-state index >= 15 is 0 Å². The maximum Gasteiger partial charge on any atom is 0.233 e. The van der Waals surface area contributed by atoms with Crippen molar-refractivity contribution in [2.45, 2.75) is 50.1 Å². The molecule has 7 heteroatoms. The molecule has 0 spiro atoms. The van der Waals surface area contributed by atoms with Crippen molar-refractivity contribution >= 4 is 17.7 Å². The number of carbonyl (C=O) groups excluding carboxylic acids is 1. The molecule has 2 aromatic carbocycles. The summed E-state index contributed by atoms with van der Waals surface area (Å²) in [6, 6.07) is 22.2. The number of nitrogens with zero attached hydrogens (tertiary/aromatic N) is 3. The predicted molar refractivity (Wildman–Crippen MR) is 131 cm³/mol. The summed E-state index contributed by atoms with van der Waals surface area (Å²) in [5.74, 6) is 1.46. The first kappa shape index (κ1) is 22.9. The van der Waals surface area contributed by atoms with E-state index in [0.717, 1.165) is 29.9 Å². The molecule has 0 bridgehead atoms. The van der Waals surface area contributed by atoms with Crippen LogP contribution in [0.25, 0.3) is 17.1 Å². The molecule has 1 amide bonds. The van der Waals surface area contributed by atoms with E-state index in [1.165, 1.54) is 17.3 Å². The van der Waals surface area contributed by atoms with Crippen molar-refractivity contribution in [3.8, 4) is 17.1 Å². The highest BCUT2D eigenvalue weighted by Gasteiger charge is 2.23. The summed E-state index contributed by atoms with van der Waals surface area (Å²) in [5, 5.41) is 12.3. The van der Waals surface area contributed by atoms with Gasteiger partial charge in [-0.3, -0.25) is 9.36 Å². The van der Waals surface area contributed by atoms with E-state index in [4.69, 9.17) is 4.42 Å². The van der Waals surface area contributed by atoms with Gasteiger partial charge < -0.3 is 9.73 Å². The molecule has 170 valence electrons. The lowest BCUT2D eigenvalue weighted by molar-refractivity contribution is -0.120. The molecule has 33 heavy (non-hydrogen) atoms. The van der Waals surface area contributed by atoms with Gasteiger partial charge >= 0.3 is 0 Å². The molecule has 4 aromatic rings. The smallest absolute Gasteiger partial charge is 0.233 e. The average molecular weight is 461 g/mol. The van der Waals surface area contributed by atoms with E-state index in [1.807, 2.05) is 79.9 Å². The van der Waals surface area contributed by atoms with Crippen LogP contribution in [-0.4, -0.2) is 32.0 Å². The molecular formula is C26H28N4O2S. The lowest BCUT2D eigenvalue weighted by Gasteiger charge is -2.18. The van der Waals surface area contributed by atoms with Gasteiger partial charge in [0.15, 0.2) is 11.0 Å². The van der Waals surface area contributed by atoms with Crippen LogP contribution in [0.4, 0.5) is 0 Å². The second kappa shape index (κ2) is 10.5. The molecule has 0 saturated heterocycles. The van der Waals surface area contributed by atoms with Gasteiger partial charge in [-0.05, 0) is 57.4 Å². The molecule has 2 aromatic heterocycles. The highest BCUT2D eigenvalue weighted by Crippen LogP contribution is 2.31. The van der Waals surface area contributed by atoms with Gasteiger partial charge in [0.1, 0.15) is 5.76 Å². The Hall–Kier alpha value is -3.32. The van der Waals surface area contributed by atoms with Crippen molar-refractivity contribution < 1.29 is 9.21 Å². The molecule has 6 nitrogen and oxygen atoms in total. The molecule has 0 aliphatic rings. The molecule has 2 heterocycles. The van der Waals surface area contributed by atoms with Crippen LogP contribution in [0.1, 0.15) is 31.6 Å². The highest BCUT2D eigenvalue weighted by atomic mass is 32.2. The van der Waals surface area contributed by atoms with Gasteiger partial charge in [0, 0.05) is 11.7 Å². The second-order valence-corrected chi connectivity index (χ2v) is 9.37. The molecule has 2 unspecified atom stereocenters. The number of aryl methyl sites for hydroxylation is 2. The zero-order valence-corrected chi connectivity index (χ0v) is 19.9. The Morgan fingerprint density at radius 2 is 1.73 bits per heavy atom. The lowest BCUT2D eigenvalue weighted by Crippen LogP contribution is -2.38. The number of benzene rings is 2. The van der Waals surface area contributed by atoms with Crippen molar-refractivity contribution in [1.82, 2.24) is 20.1 Å². The van der Waals surface area contributed by atoms with Gasteiger partial charge in [-0.1, -0.05) is 60.3 Å². The van der Waals surface area contributed by atoms with Gasteiger partial charge in [-0.25, -0.2) is 0 Å². The monoisotopic (exact) mass is 460 g/mol. The third kappa shape index (κ3) is 5.54. The minimum Gasteiger partial charge on any atom is -0.469 e. The van der Waals surface area contributed by atoms with Crippen LogP contribution in [0.3, 0.4) is 0 Å². The topological polar surface area (TPSA) is 72.9 Å². The number of thioether (sulfide) groups is 1. The van der Waals surface area contributed by atoms with Crippen LogP contribution in [0.2, 0.25) is 0 Å². The SMILES string of the molecule is Cc1occc1-c1nnc(SC(C)C(=O)NC(C)CCc2ccccc2)n1-c1ccccc1. The Morgan fingerprint density at radius 1 is 1.03 bits per heavy atom. The van der Waals surface area contributed by atoms with Gasteiger partial charge in [0.25, 0.3) is 0 Å². The zero-order valence-electron chi connectivity index (χ0n) is 19.1. The molecular weight excluding hydrogens is 432 g/mol. The van der Waals surface area contributed by atoms with Crippen LogP contribution in [0.15, 0.2) is 82.6 Å². The van der Waals surface area contributed by atoms with Crippen LogP contribution in [0.5, 0.6) is 0 Å². The quantitative estimate of drug-likeness (QED) is 0.336. The van der Waals surface area contributed by atoms with Crippen molar-refractivity contribution in [3.05, 3.63) is 84.3 Å². The number of hydrogen-bond donors (Lipinski definition) is 1. The van der Waals surface area contributed by atoms with Gasteiger partial charge in [0.05, 0.1) is 17.1 Å². The van der Waals surface area contributed by atoms with E-state index in [9.17, 15) is 4.79 Å². The maximum atomic E-state index is 12.9. The number of aromatic nitrogens is 3. The number of hydrogen-bond acceptors (Lipinski definition) is 5. The van der Waals surface area contributed by atoms with E-state index in [-0.39, 0.29) is 17.2 Å². The Kier molecular flexibility index (Phi) is 7.29. The predicted octanol–water partition coefficient (Wildman–Crippen LogP) is 5.45. The van der Waals surface area contributed by atoms with E-state index in [1.54, 1.807) is 6.26 Å². The molecule has 2 atom stereocenters. The first-order chi connectivity index (χ1) is 16.0. The van der Waals surface area contributed by atoms with E-state index in [0.29, 0.717) is 11.0 Å². The summed E-state index contributed by atoms with van der Waals surface area (Å²) in [7, 11) is 0. The van der Waals surface area contributed by atoms with E-state index < -0.39 is 0 Å². The molecule has 1 N–H and O–H groups in total. The third-order valence-corrected chi connectivity index (χ3v) is 6.54. The number of nitrogens with one attached hydrogen (secondary N) is 1. The minimum absolute atomic E-state index is 0.00999. The second-order valence-electron chi connectivity index (χ2n) is 8.06. The van der Waals surface area contributed by atoms with Gasteiger partial charge in [0.2, 0.25) is 5.91 Å². The summed E-state index contributed by atoms with van der Waals surface area (Å²) < 4.78 is 7.46. The van der Waals surface area contributed by atoms with Gasteiger partial charge in [-0.15, -0.1) is 10.2 Å². The molecule has 0 aliphatic heterocycles. The first-order valence-electron chi connectivity index (χ1n) is 11.1. The van der Waals surface area contributed by atoms with Crippen LogP contribution in [0, 0.1) is 6.92 Å². The summed E-state index contributed by atoms with van der Waals surface area (Å²) in [6.45, 7) is 5.85. The van der Waals surface area contributed by atoms with Crippen molar-refractivity contribution in [1.29, 1.82) is 0 Å². The number of carbonyl (C=O) groups is 1. The molecule has 0 radical (unpaired) electrons. The largest absolute Gasteiger partial charge is 0.469 e. The van der Waals surface area contributed by atoms with Crippen LogP contribution >= 0.6 is 11.8 Å². The summed E-state index contributed by atoms with van der Waals surface area (Å²) in [5.41, 5.74) is 3.09. The summed E-state index contributed by atoms with van der Waals surface area (Å²) in [6.07, 6.45) is 3.46. The van der Waals surface area contributed by atoms with Crippen molar-refractivity contribution in [2.75, 3.05) is 0 Å². The molecule has 0 fully saturated rings. The Morgan fingerprint density at radius 3 is 2.39 bits per heavy atom. The Balaban J connectivity index is 1.47. The maximum absolute atomic E-state index is 12.9. The fourth-order valence-electron chi connectivity index (χ4n) is 3.62. The van der Waals surface area contributed by atoms with Gasteiger partial charge in [-0.2, -0.15) is 0 Å². The summed E-state index contributed by atoms with van der Waals surface area (Å²) in [4.78, 5) is 12.9. The molecule has 0 saturated carbocycles. The number of amides is 1. The molecule has 0 aliphatic carbocycles.